The van der Waals surface area contributed by atoms with Crippen molar-refractivity contribution in [2.45, 2.75) is 6.92 Å². The van der Waals surface area contributed by atoms with Crippen LogP contribution in [0, 0.1) is 3.57 Å². The molecule has 0 saturated carbocycles. The summed E-state index contributed by atoms with van der Waals surface area (Å²) < 4.78 is 0.475. The molecule has 1 N–H and O–H groups in total. The number of carboxylic acid groups (broad SMARTS) is 1. The van der Waals surface area contributed by atoms with Gasteiger partial charge in [-0.25, -0.2) is 9.69 Å². The predicted molar refractivity (Wildman–Crippen MR) is 72.4 cm³/mol. The molecule has 0 radical (unpaired) electrons. The van der Waals surface area contributed by atoms with Crippen molar-refractivity contribution in [1.29, 1.82) is 0 Å². The molecule has 2 amide bonds. The van der Waals surface area contributed by atoms with Gasteiger partial charge < -0.3 is 5.11 Å². The number of aromatic carboxylic acids is 1. The zero-order valence-electron chi connectivity index (χ0n) is 9.31. The molecule has 1 heterocycles. The number of imide groups is 1. The molecule has 0 spiro atoms. The summed E-state index contributed by atoms with van der Waals surface area (Å²) in [5.74, 6) is -1.82. The summed E-state index contributed by atoms with van der Waals surface area (Å²) in [6.07, 6.45) is 1.26. The number of halogens is 1. The Balaban J connectivity index is 2.43. The number of rotatable bonds is 2. The molecule has 5 nitrogen and oxygen atoms in total. The Bertz CT molecular complexity index is 606. The van der Waals surface area contributed by atoms with Crippen molar-refractivity contribution in [3.63, 3.8) is 0 Å². The average molecular weight is 357 g/mol. The van der Waals surface area contributed by atoms with Crippen LogP contribution >= 0.6 is 22.6 Å². The van der Waals surface area contributed by atoms with Gasteiger partial charge in [-0.15, -0.1) is 0 Å². The highest BCUT2D eigenvalue weighted by atomic mass is 127. The first-order valence-corrected chi connectivity index (χ1v) is 6.09. The van der Waals surface area contributed by atoms with Crippen molar-refractivity contribution < 1.29 is 19.5 Å². The minimum atomic E-state index is -1.04. The summed E-state index contributed by atoms with van der Waals surface area (Å²) >= 11 is 1.86. The van der Waals surface area contributed by atoms with E-state index in [0.29, 0.717) is 14.8 Å². The van der Waals surface area contributed by atoms with Gasteiger partial charge in [0.2, 0.25) is 0 Å². The van der Waals surface area contributed by atoms with Crippen LogP contribution in [0.2, 0.25) is 0 Å². The van der Waals surface area contributed by atoms with E-state index in [4.69, 9.17) is 5.11 Å². The van der Waals surface area contributed by atoms with Gasteiger partial charge in [-0.1, -0.05) is 0 Å². The maximum absolute atomic E-state index is 11.8. The van der Waals surface area contributed by atoms with Crippen molar-refractivity contribution in [2.75, 3.05) is 4.90 Å². The summed E-state index contributed by atoms with van der Waals surface area (Å²) in [5, 5.41) is 8.91. The summed E-state index contributed by atoms with van der Waals surface area (Å²) in [6.45, 7) is 1.57. The van der Waals surface area contributed by atoms with E-state index in [0.717, 1.165) is 4.90 Å². The number of anilines is 1. The predicted octanol–water partition coefficient (Wildman–Crippen LogP) is 1.81. The number of nitrogens with zero attached hydrogens (tertiary/aromatic N) is 1. The lowest BCUT2D eigenvalue weighted by Crippen LogP contribution is -2.30. The van der Waals surface area contributed by atoms with Gasteiger partial charge in [0.25, 0.3) is 11.8 Å². The number of benzene rings is 1. The number of carboxylic acids is 1. The molecule has 0 fully saturated rings. The second-order valence-corrected chi connectivity index (χ2v) is 4.94. The van der Waals surface area contributed by atoms with Crippen LogP contribution in [0.25, 0.3) is 0 Å². The SMILES string of the molecule is CC1=CC(=O)N(c2ccc(C(=O)O)c(I)c2)C1=O. The Morgan fingerprint density at radius 2 is 2.00 bits per heavy atom. The minimum Gasteiger partial charge on any atom is -0.478 e. The van der Waals surface area contributed by atoms with Gasteiger partial charge in [0.05, 0.1) is 11.3 Å². The molecule has 1 aromatic carbocycles. The molecule has 18 heavy (non-hydrogen) atoms. The summed E-state index contributed by atoms with van der Waals surface area (Å²) in [6, 6.07) is 4.34. The molecule has 0 unspecified atom stereocenters. The monoisotopic (exact) mass is 357 g/mol. The highest BCUT2D eigenvalue weighted by molar-refractivity contribution is 14.1. The lowest BCUT2D eigenvalue weighted by Gasteiger charge is -2.15. The van der Waals surface area contributed by atoms with E-state index in [1.54, 1.807) is 6.92 Å². The molecule has 0 saturated heterocycles. The first kappa shape index (κ1) is 12.7. The zero-order chi connectivity index (χ0) is 13.4. The number of hydrogen-bond acceptors (Lipinski definition) is 3. The lowest BCUT2D eigenvalue weighted by atomic mass is 10.2. The van der Waals surface area contributed by atoms with Crippen molar-refractivity contribution in [3.8, 4) is 0 Å². The summed E-state index contributed by atoms with van der Waals surface area (Å²) in [4.78, 5) is 35.3. The Morgan fingerprint density at radius 3 is 2.44 bits per heavy atom. The van der Waals surface area contributed by atoms with Crippen LogP contribution in [-0.2, 0) is 9.59 Å². The Labute approximate surface area is 116 Å². The van der Waals surface area contributed by atoms with E-state index in [-0.39, 0.29) is 11.5 Å². The smallest absolute Gasteiger partial charge is 0.336 e. The molecule has 1 aliphatic rings. The third-order valence-corrected chi connectivity index (χ3v) is 3.43. The largest absolute Gasteiger partial charge is 0.478 e. The van der Waals surface area contributed by atoms with Crippen LogP contribution in [0.3, 0.4) is 0 Å². The van der Waals surface area contributed by atoms with E-state index >= 15 is 0 Å². The molecule has 1 aromatic rings. The quantitative estimate of drug-likeness (QED) is 0.647. The third kappa shape index (κ3) is 2.03. The van der Waals surface area contributed by atoms with Crippen molar-refractivity contribution in [2.24, 2.45) is 0 Å². The Hall–Kier alpha value is -1.70. The van der Waals surface area contributed by atoms with Gasteiger partial charge >= 0.3 is 5.97 Å². The van der Waals surface area contributed by atoms with Gasteiger partial charge in [0.15, 0.2) is 0 Å². The zero-order valence-corrected chi connectivity index (χ0v) is 11.5. The molecule has 2 rings (SSSR count). The first-order chi connectivity index (χ1) is 8.41. The highest BCUT2D eigenvalue weighted by Gasteiger charge is 2.30. The molecule has 6 heteroatoms. The van der Waals surface area contributed by atoms with E-state index < -0.39 is 11.9 Å². The molecule has 0 atom stereocenters. The molecule has 92 valence electrons. The summed E-state index contributed by atoms with van der Waals surface area (Å²) in [5.41, 5.74) is 0.896. The third-order valence-electron chi connectivity index (χ3n) is 2.54. The number of amides is 2. The first-order valence-electron chi connectivity index (χ1n) is 5.01. The second-order valence-electron chi connectivity index (χ2n) is 3.78. The lowest BCUT2D eigenvalue weighted by molar-refractivity contribution is -0.120. The maximum Gasteiger partial charge on any atom is 0.336 e. The van der Waals surface area contributed by atoms with Crippen molar-refractivity contribution in [3.05, 3.63) is 39.0 Å². The topological polar surface area (TPSA) is 74.7 Å². The van der Waals surface area contributed by atoms with Gasteiger partial charge in [0, 0.05) is 15.2 Å². The standard InChI is InChI=1S/C12H8INO4/c1-6-4-10(15)14(11(6)16)7-2-3-8(12(17)18)9(13)5-7/h2-5H,1H3,(H,17,18). The normalized spacial score (nSPS) is 15.0. The van der Waals surface area contributed by atoms with Crippen LogP contribution in [-0.4, -0.2) is 22.9 Å². The molecule has 0 aromatic heterocycles. The van der Waals surface area contributed by atoms with Gasteiger partial charge in [0.1, 0.15) is 0 Å². The molecular formula is C12H8INO4. The fourth-order valence-electron chi connectivity index (χ4n) is 1.65. The van der Waals surface area contributed by atoms with E-state index in [2.05, 4.69) is 0 Å². The van der Waals surface area contributed by atoms with Crippen LogP contribution in [0.4, 0.5) is 5.69 Å². The van der Waals surface area contributed by atoms with Crippen LogP contribution in [0.1, 0.15) is 17.3 Å². The maximum atomic E-state index is 11.8. The van der Waals surface area contributed by atoms with E-state index in [1.165, 1.54) is 24.3 Å². The van der Waals surface area contributed by atoms with E-state index in [1.807, 2.05) is 22.6 Å². The van der Waals surface area contributed by atoms with Gasteiger partial charge in [-0.3, -0.25) is 9.59 Å². The van der Waals surface area contributed by atoms with E-state index in [9.17, 15) is 14.4 Å². The van der Waals surface area contributed by atoms with Gasteiger partial charge in [-0.05, 0) is 47.7 Å². The average Bonchev–Trinajstić information content (AvgIpc) is 2.52. The fraction of sp³-hybridized carbons (Fsp3) is 0.0833. The number of carbonyl (C=O) groups is 3. The molecule has 0 bridgehead atoms. The number of carbonyl (C=O) groups excluding carboxylic acids is 2. The molecule has 1 aliphatic heterocycles. The second kappa shape index (κ2) is 4.52. The Morgan fingerprint density at radius 1 is 1.33 bits per heavy atom. The van der Waals surface area contributed by atoms with Crippen molar-refractivity contribution in [1.82, 2.24) is 0 Å². The molecule has 0 aliphatic carbocycles. The Kier molecular flexibility index (Phi) is 3.20. The minimum absolute atomic E-state index is 0.142. The van der Waals surface area contributed by atoms with Gasteiger partial charge in [-0.2, -0.15) is 0 Å². The molecular weight excluding hydrogens is 349 g/mol. The van der Waals surface area contributed by atoms with Crippen LogP contribution in [0.5, 0.6) is 0 Å². The highest BCUT2D eigenvalue weighted by Crippen LogP contribution is 2.25. The summed E-state index contributed by atoms with van der Waals surface area (Å²) in [7, 11) is 0. The van der Waals surface area contributed by atoms with Crippen LogP contribution < -0.4 is 4.90 Å². The van der Waals surface area contributed by atoms with Crippen LogP contribution in [0.15, 0.2) is 29.8 Å². The fourth-order valence-corrected chi connectivity index (χ4v) is 2.38. The van der Waals surface area contributed by atoms with Crippen molar-refractivity contribution >= 4 is 46.1 Å². The number of hydrogen-bond donors (Lipinski definition) is 1.